The van der Waals surface area contributed by atoms with Crippen LogP contribution in [0.5, 0.6) is 5.75 Å². The number of benzene rings is 2. The minimum Gasteiger partial charge on any atom is -0.491 e. The molecule has 2 N–H and O–H groups in total. The van der Waals surface area contributed by atoms with Crippen molar-refractivity contribution < 1.29 is 19.1 Å². The lowest BCUT2D eigenvalue weighted by molar-refractivity contribution is -0.137. The smallest absolute Gasteiger partial charge is 0.330 e. The van der Waals surface area contributed by atoms with E-state index in [9.17, 15) is 9.59 Å². The molecule has 0 saturated heterocycles. The summed E-state index contributed by atoms with van der Waals surface area (Å²) in [5.74, 6) is -0.480. The van der Waals surface area contributed by atoms with Gasteiger partial charge in [-0.15, -0.1) is 0 Å². The Hall–Kier alpha value is -3.19. The Morgan fingerprint density at radius 2 is 1.76 bits per heavy atom. The van der Waals surface area contributed by atoms with Crippen LogP contribution in [0, 0.1) is 0 Å². The number of carbonyl (C=O) groups excluding carboxylic acids is 2. The molecule has 0 spiro atoms. The summed E-state index contributed by atoms with van der Waals surface area (Å²) >= 11 is 5.15. The van der Waals surface area contributed by atoms with E-state index in [0.29, 0.717) is 18.0 Å². The van der Waals surface area contributed by atoms with Gasteiger partial charge in [0.15, 0.2) is 5.11 Å². The number of esters is 1. The molecule has 0 radical (unpaired) electrons. The van der Waals surface area contributed by atoms with Gasteiger partial charge in [-0.2, -0.15) is 0 Å². The van der Waals surface area contributed by atoms with Crippen molar-refractivity contribution in [3.8, 4) is 5.75 Å². The van der Waals surface area contributed by atoms with Gasteiger partial charge in [0.2, 0.25) is 5.91 Å². The third-order valence-corrected chi connectivity index (χ3v) is 3.94. The molecule has 2 rings (SSSR count). The number of thiocarbonyl (C=S) groups is 1. The van der Waals surface area contributed by atoms with Crippen molar-refractivity contribution >= 4 is 34.9 Å². The molecule has 0 bridgehead atoms. The van der Waals surface area contributed by atoms with Gasteiger partial charge in [0, 0.05) is 12.2 Å². The molecule has 0 fully saturated rings. The Morgan fingerprint density at radius 1 is 1.03 bits per heavy atom. The van der Waals surface area contributed by atoms with E-state index >= 15 is 0 Å². The standard InChI is InChI=1S/C22H24N2O4S/c1-2-27-21(26)15-14-20(25)24-22(29)23-18-12-6-7-13-19(18)28-16-8-11-17-9-4-3-5-10-17/h3-7,9-10,12-15H,2,8,11,16H2,1H3,(H2,23,24,25,29)/b15-14+. The lowest BCUT2D eigenvalue weighted by atomic mass is 10.1. The predicted molar refractivity (Wildman–Crippen MR) is 117 cm³/mol. The summed E-state index contributed by atoms with van der Waals surface area (Å²) in [5, 5.41) is 5.51. The van der Waals surface area contributed by atoms with Crippen LogP contribution in [0.3, 0.4) is 0 Å². The van der Waals surface area contributed by atoms with Gasteiger partial charge in [0.25, 0.3) is 0 Å². The lowest BCUT2D eigenvalue weighted by Crippen LogP contribution is -2.33. The summed E-state index contributed by atoms with van der Waals surface area (Å²) in [7, 11) is 0. The van der Waals surface area contributed by atoms with Crippen LogP contribution >= 0.6 is 12.2 Å². The first-order valence-electron chi connectivity index (χ1n) is 9.31. The highest BCUT2D eigenvalue weighted by Crippen LogP contribution is 2.24. The Bertz CT molecular complexity index is 853. The maximum absolute atomic E-state index is 11.8. The number of para-hydroxylation sites is 2. The van der Waals surface area contributed by atoms with E-state index in [1.165, 1.54) is 5.56 Å². The predicted octanol–water partition coefficient (Wildman–Crippen LogP) is 3.63. The lowest BCUT2D eigenvalue weighted by Gasteiger charge is -2.14. The number of aryl methyl sites for hydroxylation is 1. The highest BCUT2D eigenvalue weighted by Gasteiger charge is 2.07. The largest absolute Gasteiger partial charge is 0.491 e. The van der Waals surface area contributed by atoms with Crippen molar-refractivity contribution in [2.75, 3.05) is 18.5 Å². The molecule has 2 aromatic carbocycles. The van der Waals surface area contributed by atoms with Gasteiger partial charge in [-0.05, 0) is 49.7 Å². The number of amides is 1. The fourth-order valence-corrected chi connectivity index (χ4v) is 2.65. The van der Waals surface area contributed by atoms with Crippen molar-refractivity contribution in [2.45, 2.75) is 19.8 Å². The van der Waals surface area contributed by atoms with Gasteiger partial charge >= 0.3 is 5.97 Å². The Balaban J connectivity index is 1.82. The topological polar surface area (TPSA) is 76.7 Å². The number of hydrogen-bond donors (Lipinski definition) is 2. The summed E-state index contributed by atoms with van der Waals surface area (Å²) in [6.07, 6.45) is 3.92. The third kappa shape index (κ3) is 8.57. The molecular weight excluding hydrogens is 388 g/mol. The number of hydrogen-bond acceptors (Lipinski definition) is 5. The number of anilines is 1. The van der Waals surface area contributed by atoms with Crippen LogP contribution in [0.2, 0.25) is 0 Å². The maximum Gasteiger partial charge on any atom is 0.330 e. The van der Waals surface area contributed by atoms with Gasteiger partial charge in [0.1, 0.15) is 5.75 Å². The molecule has 0 aliphatic rings. The molecule has 0 aromatic heterocycles. The number of nitrogens with one attached hydrogen (secondary N) is 2. The minimum atomic E-state index is -0.587. The van der Waals surface area contributed by atoms with Gasteiger partial charge in [-0.3, -0.25) is 10.1 Å². The summed E-state index contributed by atoms with van der Waals surface area (Å²) in [6, 6.07) is 17.6. The van der Waals surface area contributed by atoms with E-state index in [1.54, 1.807) is 13.0 Å². The van der Waals surface area contributed by atoms with E-state index in [1.807, 2.05) is 36.4 Å². The Morgan fingerprint density at radius 3 is 2.52 bits per heavy atom. The molecule has 0 aliphatic heterocycles. The first kappa shape index (κ1) is 22.1. The number of rotatable bonds is 9. The minimum absolute atomic E-state index is 0.101. The molecule has 29 heavy (non-hydrogen) atoms. The molecule has 0 heterocycles. The zero-order valence-corrected chi connectivity index (χ0v) is 17.0. The number of ether oxygens (including phenoxy) is 2. The van der Waals surface area contributed by atoms with Crippen LogP contribution in [0.1, 0.15) is 18.9 Å². The molecule has 0 unspecified atom stereocenters. The first-order valence-corrected chi connectivity index (χ1v) is 9.72. The van der Waals surface area contributed by atoms with Gasteiger partial charge in [-0.25, -0.2) is 4.79 Å². The average Bonchev–Trinajstić information content (AvgIpc) is 2.72. The van der Waals surface area contributed by atoms with E-state index in [0.717, 1.165) is 25.0 Å². The fourth-order valence-electron chi connectivity index (χ4n) is 2.44. The van der Waals surface area contributed by atoms with Crippen LogP contribution in [0.4, 0.5) is 5.69 Å². The third-order valence-electron chi connectivity index (χ3n) is 3.74. The molecule has 1 amide bonds. The van der Waals surface area contributed by atoms with Crippen molar-refractivity contribution in [1.82, 2.24) is 5.32 Å². The van der Waals surface area contributed by atoms with Crippen LogP contribution in [0.15, 0.2) is 66.7 Å². The van der Waals surface area contributed by atoms with E-state index in [-0.39, 0.29) is 11.7 Å². The average molecular weight is 413 g/mol. The molecule has 7 heteroatoms. The zero-order chi connectivity index (χ0) is 20.9. The molecular formula is C22H24N2O4S. The molecule has 0 aliphatic carbocycles. The second-order valence-corrected chi connectivity index (χ2v) is 6.37. The van der Waals surface area contributed by atoms with Gasteiger partial charge in [0.05, 0.1) is 18.9 Å². The molecule has 0 atom stereocenters. The van der Waals surface area contributed by atoms with Gasteiger partial charge in [-0.1, -0.05) is 42.5 Å². The monoisotopic (exact) mass is 412 g/mol. The van der Waals surface area contributed by atoms with Crippen LogP contribution < -0.4 is 15.4 Å². The molecule has 6 nitrogen and oxygen atoms in total. The normalized spacial score (nSPS) is 10.4. The van der Waals surface area contributed by atoms with E-state index < -0.39 is 11.9 Å². The van der Waals surface area contributed by atoms with Crippen LogP contribution in [-0.4, -0.2) is 30.2 Å². The molecule has 0 saturated carbocycles. The Labute approximate surface area is 175 Å². The van der Waals surface area contributed by atoms with Crippen LogP contribution in [-0.2, 0) is 20.7 Å². The van der Waals surface area contributed by atoms with E-state index in [4.69, 9.17) is 21.7 Å². The number of carbonyl (C=O) groups is 2. The Kier molecular flexibility index (Phi) is 9.38. The molecule has 2 aromatic rings. The zero-order valence-electron chi connectivity index (χ0n) is 16.2. The summed E-state index contributed by atoms with van der Waals surface area (Å²) in [6.45, 7) is 2.48. The highest BCUT2D eigenvalue weighted by molar-refractivity contribution is 7.80. The SMILES string of the molecule is CCOC(=O)/C=C/C(=O)NC(=S)Nc1ccccc1OCCCc1ccccc1. The van der Waals surface area contributed by atoms with Gasteiger partial charge < -0.3 is 14.8 Å². The van der Waals surface area contributed by atoms with Crippen molar-refractivity contribution in [1.29, 1.82) is 0 Å². The van der Waals surface area contributed by atoms with Crippen LogP contribution in [0.25, 0.3) is 0 Å². The summed E-state index contributed by atoms with van der Waals surface area (Å²) in [5.41, 5.74) is 1.91. The van der Waals surface area contributed by atoms with Crippen molar-refractivity contribution in [3.05, 3.63) is 72.3 Å². The summed E-state index contributed by atoms with van der Waals surface area (Å²) in [4.78, 5) is 23.0. The second kappa shape index (κ2) is 12.3. The molecule has 152 valence electrons. The maximum atomic E-state index is 11.8. The summed E-state index contributed by atoms with van der Waals surface area (Å²) < 4.78 is 10.6. The quantitative estimate of drug-likeness (QED) is 0.283. The fraction of sp³-hybridized carbons (Fsp3) is 0.227. The van der Waals surface area contributed by atoms with E-state index in [2.05, 4.69) is 22.8 Å². The highest BCUT2D eigenvalue weighted by atomic mass is 32.1. The van der Waals surface area contributed by atoms with Crippen molar-refractivity contribution in [3.63, 3.8) is 0 Å². The second-order valence-electron chi connectivity index (χ2n) is 5.96. The first-order chi connectivity index (χ1) is 14.1. The van der Waals surface area contributed by atoms with Crippen molar-refractivity contribution in [2.24, 2.45) is 0 Å².